The first-order valence-electron chi connectivity index (χ1n) is 5.42. The number of anilines is 1. The first-order valence-corrected chi connectivity index (χ1v) is 6.23. The van der Waals surface area contributed by atoms with Gasteiger partial charge < -0.3 is 5.73 Å². The molecular formula is C10H14N4S. The Kier molecular flexibility index (Phi) is 2.12. The molecule has 0 amide bonds. The van der Waals surface area contributed by atoms with E-state index in [1.54, 1.807) is 11.3 Å². The molecule has 15 heavy (non-hydrogen) atoms. The van der Waals surface area contributed by atoms with E-state index in [9.17, 15) is 0 Å². The third-order valence-electron chi connectivity index (χ3n) is 2.88. The highest BCUT2D eigenvalue weighted by atomic mass is 32.1. The van der Waals surface area contributed by atoms with Crippen LogP contribution < -0.4 is 10.7 Å². The molecule has 0 radical (unpaired) electrons. The molecule has 1 aromatic rings. The molecule has 0 bridgehead atoms. The van der Waals surface area contributed by atoms with E-state index in [0.29, 0.717) is 0 Å². The zero-order valence-corrected chi connectivity index (χ0v) is 9.39. The second kappa shape index (κ2) is 3.48. The van der Waals surface area contributed by atoms with Crippen LogP contribution in [-0.4, -0.2) is 17.4 Å². The Balaban J connectivity index is 1.89. The fraction of sp³-hybridized carbons (Fsp3) is 0.600. The number of aromatic nitrogens is 1. The largest absolute Gasteiger partial charge is 0.386 e. The van der Waals surface area contributed by atoms with Crippen LogP contribution in [0.2, 0.25) is 0 Å². The van der Waals surface area contributed by atoms with Crippen molar-refractivity contribution in [3.8, 4) is 0 Å². The summed E-state index contributed by atoms with van der Waals surface area (Å²) in [6.07, 6.45) is 5.78. The number of nitrogens with zero attached hydrogens (tertiary/aromatic N) is 3. The SMILES string of the molecule is NC1=NN(c2nc3c(s2)CCCC3)CC1. The Morgan fingerprint density at radius 3 is 2.80 bits per heavy atom. The lowest BCUT2D eigenvalue weighted by atomic mass is 10.0. The van der Waals surface area contributed by atoms with Crippen LogP contribution in [0.25, 0.3) is 0 Å². The van der Waals surface area contributed by atoms with Gasteiger partial charge in [0.05, 0.1) is 12.2 Å². The van der Waals surface area contributed by atoms with Crippen molar-refractivity contribution in [3.05, 3.63) is 10.6 Å². The van der Waals surface area contributed by atoms with E-state index < -0.39 is 0 Å². The fourth-order valence-electron chi connectivity index (χ4n) is 2.06. The lowest BCUT2D eigenvalue weighted by Gasteiger charge is -2.07. The lowest BCUT2D eigenvalue weighted by molar-refractivity contribution is 0.681. The van der Waals surface area contributed by atoms with Crippen LogP contribution in [0.4, 0.5) is 5.13 Å². The molecule has 0 unspecified atom stereocenters. The van der Waals surface area contributed by atoms with Gasteiger partial charge >= 0.3 is 0 Å². The molecule has 0 aromatic carbocycles. The van der Waals surface area contributed by atoms with Gasteiger partial charge in [0.2, 0.25) is 5.13 Å². The molecule has 0 saturated heterocycles. The molecule has 2 heterocycles. The maximum atomic E-state index is 5.67. The van der Waals surface area contributed by atoms with E-state index in [4.69, 9.17) is 5.73 Å². The van der Waals surface area contributed by atoms with Gasteiger partial charge in [-0.15, -0.1) is 0 Å². The Bertz CT molecular complexity index is 386. The summed E-state index contributed by atoms with van der Waals surface area (Å²) in [7, 11) is 0. The van der Waals surface area contributed by atoms with Crippen LogP contribution in [0, 0.1) is 0 Å². The smallest absolute Gasteiger partial charge is 0.206 e. The van der Waals surface area contributed by atoms with Crippen molar-refractivity contribution in [2.24, 2.45) is 10.8 Å². The van der Waals surface area contributed by atoms with Crippen molar-refractivity contribution in [2.75, 3.05) is 11.6 Å². The van der Waals surface area contributed by atoms with E-state index >= 15 is 0 Å². The number of rotatable bonds is 1. The molecule has 0 spiro atoms. The summed E-state index contributed by atoms with van der Waals surface area (Å²) in [5, 5.41) is 7.25. The molecule has 0 fully saturated rings. The van der Waals surface area contributed by atoms with Crippen LogP contribution in [0.3, 0.4) is 0 Å². The second-order valence-electron chi connectivity index (χ2n) is 4.04. The van der Waals surface area contributed by atoms with Crippen LogP contribution >= 0.6 is 11.3 Å². The number of hydrazone groups is 1. The summed E-state index contributed by atoms with van der Waals surface area (Å²) in [4.78, 5) is 6.10. The fourth-order valence-corrected chi connectivity index (χ4v) is 3.19. The summed E-state index contributed by atoms with van der Waals surface area (Å²) in [6, 6.07) is 0. The minimum Gasteiger partial charge on any atom is -0.386 e. The van der Waals surface area contributed by atoms with Crippen molar-refractivity contribution < 1.29 is 0 Å². The Labute approximate surface area is 92.8 Å². The summed E-state index contributed by atoms with van der Waals surface area (Å²) >= 11 is 1.79. The van der Waals surface area contributed by atoms with Gasteiger partial charge in [0.15, 0.2) is 0 Å². The van der Waals surface area contributed by atoms with Gasteiger partial charge in [-0.1, -0.05) is 11.3 Å². The third-order valence-corrected chi connectivity index (χ3v) is 4.05. The monoisotopic (exact) mass is 222 g/mol. The zero-order chi connectivity index (χ0) is 10.3. The molecule has 2 aliphatic rings. The predicted octanol–water partition coefficient (Wildman–Crippen LogP) is 1.50. The zero-order valence-electron chi connectivity index (χ0n) is 8.57. The Morgan fingerprint density at radius 2 is 2.07 bits per heavy atom. The predicted molar refractivity (Wildman–Crippen MR) is 62.3 cm³/mol. The van der Waals surface area contributed by atoms with Gasteiger partial charge in [0, 0.05) is 11.3 Å². The summed E-state index contributed by atoms with van der Waals surface area (Å²) < 4.78 is 0. The van der Waals surface area contributed by atoms with Crippen molar-refractivity contribution in [2.45, 2.75) is 32.1 Å². The minimum absolute atomic E-state index is 0.725. The van der Waals surface area contributed by atoms with Crippen molar-refractivity contribution in [3.63, 3.8) is 0 Å². The average molecular weight is 222 g/mol. The van der Waals surface area contributed by atoms with Crippen LogP contribution in [0.1, 0.15) is 29.8 Å². The maximum absolute atomic E-state index is 5.67. The van der Waals surface area contributed by atoms with Crippen LogP contribution in [0.5, 0.6) is 0 Å². The van der Waals surface area contributed by atoms with Crippen molar-refractivity contribution in [1.29, 1.82) is 0 Å². The van der Waals surface area contributed by atoms with Crippen molar-refractivity contribution in [1.82, 2.24) is 4.98 Å². The summed E-state index contributed by atoms with van der Waals surface area (Å²) in [5.74, 6) is 0.725. The number of thiazole rings is 1. The molecule has 1 aliphatic heterocycles. The maximum Gasteiger partial charge on any atom is 0.206 e. The van der Waals surface area contributed by atoms with Crippen LogP contribution in [-0.2, 0) is 12.8 Å². The van der Waals surface area contributed by atoms with E-state index in [1.165, 1.54) is 29.8 Å². The summed E-state index contributed by atoms with van der Waals surface area (Å²) in [6.45, 7) is 0.887. The van der Waals surface area contributed by atoms with Crippen LogP contribution in [0.15, 0.2) is 5.10 Å². The molecule has 1 aliphatic carbocycles. The van der Waals surface area contributed by atoms with E-state index in [0.717, 1.165) is 30.4 Å². The Morgan fingerprint density at radius 1 is 1.20 bits per heavy atom. The minimum atomic E-state index is 0.725. The van der Waals surface area contributed by atoms with Gasteiger partial charge in [-0.25, -0.2) is 9.99 Å². The van der Waals surface area contributed by atoms with Gasteiger partial charge in [-0.2, -0.15) is 5.10 Å². The molecule has 2 N–H and O–H groups in total. The molecule has 80 valence electrons. The Hall–Kier alpha value is -1.10. The molecule has 5 heteroatoms. The van der Waals surface area contributed by atoms with Gasteiger partial charge in [-0.3, -0.25) is 0 Å². The highest BCUT2D eigenvalue weighted by Crippen LogP contribution is 2.32. The average Bonchev–Trinajstić information content (AvgIpc) is 2.82. The standard InChI is InChI=1S/C10H14N4S/c11-9-5-6-14(13-9)10-12-7-3-1-2-4-8(7)15-10/h1-6H2,(H2,11,13). The third kappa shape index (κ3) is 1.61. The molecular weight excluding hydrogens is 208 g/mol. The quantitative estimate of drug-likeness (QED) is 0.783. The number of hydrogen-bond donors (Lipinski definition) is 1. The number of nitrogens with two attached hydrogens (primary N) is 1. The number of hydrogen-bond acceptors (Lipinski definition) is 5. The van der Waals surface area contributed by atoms with E-state index in [2.05, 4.69) is 10.1 Å². The first-order chi connectivity index (χ1) is 7.33. The van der Waals surface area contributed by atoms with Gasteiger partial charge in [0.25, 0.3) is 0 Å². The molecule has 0 atom stereocenters. The highest BCUT2D eigenvalue weighted by molar-refractivity contribution is 7.15. The molecule has 1 aromatic heterocycles. The van der Waals surface area contributed by atoms with Gasteiger partial charge in [0.1, 0.15) is 5.84 Å². The first kappa shape index (κ1) is 9.15. The van der Waals surface area contributed by atoms with E-state index in [-0.39, 0.29) is 0 Å². The number of amidine groups is 1. The molecule has 3 rings (SSSR count). The topological polar surface area (TPSA) is 54.5 Å². The van der Waals surface area contributed by atoms with E-state index in [1.807, 2.05) is 5.01 Å². The second-order valence-corrected chi connectivity index (χ2v) is 5.10. The summed E-state index contributed by atoms with van der Waals surface area (Å²) in [5.41, 5.74) is 6.96. The number of fused-ring (bicyclic) bond motifs is 1. The number of aryl methyl sites for hydroxylation is 2. The van der Waals surface area contributed by atoms with Gasteiger partial charge in [-0.05, 0) is 25.7 Å². The molecule has 0 saturated carbocycles. The lowest BCUT2D eigenvalue weighted by Crippen LogP contribution is -2.11. The highest BCUT2D eigenvalue weighted by Gasteiger charge is 2.21. The molecule has 4 nitrogen and oxygen atoms in total. The normalized spacial score (nSPS) is 20.3. The van der Waals surface area contributed by atoms with Crippen molar-refractivity contribution >= 4 is 22.3 Å².